The molecule has 0 atom stereocenters. The van der Waals surface area contributed by atoms with Crippen molar-refractivity contribution in [2.75, 3.05) is 0 Å². The van der Waals surface area contributed by atoms with Crippen molar-refractivity contribution in [2.24, 2.45) is 0 Å². The number of esters is 1. The summed E-state index contributed by atoms with van der Waals surface area (Å²) in [6.45, 7) is 5.52. The maximum atomic E-state index is 11.2. The van der Waals surface area contributed by atoms with Crippen LogP contribution in [0, 0.1) is 0 Å². The van der Waals surface area contributed by atoms with Crippen molar-refractivity contribution < 1.29 is 9.53 Å². The lowest BCUT2D eigenvalue weighted by Gasteiger charge is -2.17. The van der Waals surface area contributed by atoms with Crippen LogP contribution in [0.15, 0.2) is 17.8 Å². The fourth-order valence-electron chi connectivity index (χ4n) is 0.794. The van der Waals surface area contributed by atoms with Crippen LogP contribution in [0.4, 0.5) is 0 Å². The monoisotopic (exact) mass is 211 g/mol. The minimum Gasteiger partial charge on any atom is -0.457 e. The number of rotatable bonds is 2. The fraction of sp³-hybridized carbons (Fsp3) is 0.400. The van der Waals surface area contributed by atoms with E-state index in [0.717, 1.165) is 4.88 Å². The summed E-state index contributed by atoms with van der Waals surface area (Å²) < 4.78 is 5.09. The van der Waals surface area contributed by atoms with Crippen LogP contribution in [0.25, 0.3) is 6.08 Å². The first-order chi connectivity index (χ1) is 6.47. The van der Waals surface area contributed by atoms with Gasteiger partial charge in [0, 0.05) is 17.2 Å². The molecule has 0 radical (unpaired) electrons. The normalized spacial score (nSPS) is 11.9. The molecule has 0 spiro atoms. The van der Waals surface area contributed by atoms with Crippen molar-refractivity contribution in [1.82, 2.24) is 4.98 Å². The van der Waals surface area contributed by atoms with Gasteiger partial charge < -0.3 is 4.74 Å². The quantitative estimate of drug-likeness (QED) is 0.557. The molecule has 0 amide bonds. The van der Waals surface area contributed by atoms with Gasteiger partial charge in [0.25, 0.3) is 0 Å². The molecule has 0 aliphatic heterocycles. The standard InChI is InChI=1S/C10H13NO2S/c1-10(2,3)13-9(12)5-4-8-6-11-7-14-8/h4-7H,1-3H3/b5-4+. The van der Waals surface area contributed by atoms with Crippen LogP contribution < -0.4 is 0 Å². The van der Waals surface area contributed by atoms with Crippen LogP contribution in [-0.2, 0) is 9.53 Å². The van der Waals surface area contributed by atoms with E-state index in [-0.39, 0.29) is 5.97 Å². The van der Waals surface area contributed by atoms with E-state index in [1.54, 1.807) is 17.8 Å². The van der Waals surface area contributed by atoms with Gasteiger partial charge in [-0.15, -0.1) is 11.3 Å². The van der Waals surface area contributed by atoms with Crippen LogP contribution >= 0.6 is 11.3 Å². The van der Waals surface area contributed by atoms with Crippen LogP contribution in [-0.4, -0.2) is 16.6 Å². The van der Waals surface area contributed by atoms with Crippen molar-refractivity contribution in [1.29, 1.82) is 0 Å². The van der Waals surface area contributed by atoms with Gasteiger partial charge >= 0.3 is 5.97 Å². The van der Waals surface area contributed by atoms with Crippen LogP contribution in [0.1, 0.15) is 25.6 Å². The SMILES string of the molecule is CC(C)(C)OC(=O)/C=C/c1cncs1. The Morgan fingerprint density at radius 3 is 2.79 bits per heavy atom. The Bertz CT molecular complexity index is 322. The molecular weight excluding hydrogens is 198 g/mol. The average molecular weight is 211 g/mol. The Morgan fingerprint density at radius 1 is 1.57 bits per heavy atom. The number of carbonyl (C=O) groups is 1. The third kappa shape index (κ3) is 4.18. The molecule has 0 fully saturated rings. The van der Waals surface area contributed by atoms with Gasteiger partial charge in [0.1, 0.15) is 5.60 Å². The molecular formula is C10H13NO2S. The highest BCUT2D eigenvalue weighted by molar-refractivity contribution is 7.10. The molecule has 1 rings (SSSR count). The molecule has 0 N–H and O–H groups in total. The zero-order valence-corrected chi connectivity index (χ0v) is 9.30. The Balaban J connectivity index is 2.49. The fourth-order valence-corrected chi connectivity index (χ4v) is 1.31. The maximum Gasteiger partial charge on any atom is 0.331 e. The zero-order valence-electron chi connectivity index (χ0n) is 8.48. The lowest BCUT2D eigenvalue weighted by atomic mass is 10.2. The summed E-state index contributed by atoms with van der Waals surface area (Å²) in [4.78, 5) is 16.1. The van der Waals surface area contributed by atoms with Crippen LogP contribution in [0.2, 0.25) is 0 Å². The van der Waals surface area contributed by atoms with Crippen molar-refractivity contribution in [3.8, 4) is 0 Å². The topological polar surface area (TPSA) is 39.2 Å². The summed E-state index contributed by atoms with van der Waals surface area (Å²) in [6.07, 6.45) is 4.82. The molecule has 4 heteroatoms. The summed E-state index contributed by atoms with van der Waals surface area (Å²) in [5.41, 5.74) is 1.28. The third-order valence-corrected chi connectivity index (χ3v) is 1.98. The highest BCUT2D eigenvalue weighted by Gasteiger charge is 2.13. The number of carbonyl (C=O) groups excluding carboxylic acids is 1. The molecule has 0 aromatic carbocycles. The summed E-state index contributed by atoms with van der Waals surface area (Å²) in [5, 5.41) is 0. The van der Waals surface area contributed by atoms with E-state index >= 15 is 0 Å². The van der Waals surface area contributed by atoms with Gasteiger partial charge in [-0.1, -0.05) is 0 Å². The van der Waals surface area contributed by atoms with E-state index in [2.05, 4.69) is 4.98 Å². The van der Waals surface area contributed by atoms with Gasteiger partial charge in [0.05, 0.1) is 5.51 Å². The van der Waals surface area contributed by atoms with Crippen LogP contribution in [0.3, 0.4) is 0 Å². The molecule has 0 bridgehead atoms. The minimum atomic E-state index is -0.435. The zero-order chi connectivity index (χ0) is 10.6. The van der Waals surface area contributed by atoms with E-state index < -0.39 is 5.60 Å². The predicted molar refractivity (Wildman–Crippen MR) is 57.0 cm³/mol. The van der Waals surface area contributed by atoms with Crippen LogP contribution in [0.5, 0.6) is 0 Å². The van der Waals surface area contributed by atoms with E-state index in [1.165, 1.54) is 17.4 Å². The Hall–Kier alpha value is -1.16. The molecule has 1 aromatic heterocycles. The number of ether oxygens (including phenoxy) is 1. The second-order valence-electron chi connectivity index (χ2n) is 3.77. The summed E-state index contributed by atoms with van der Waals surface area (Å²) in [6, 6.07) is 0. The first-order valence-electron chi connectivity index (χ1n) is 4.27. The highest BCUT2D eigenvalue weighted by atomic mass is 32.1. The highest BCUT2D eigenvalue weighted by Crippen LogP contribution is 2.10. The Kier molecular flexibility index (Phi) is 3.41. The molecule has 76 valence electrons. The largest absolute Gasteiger partial charge is 0.457 e. The summed E-state index contributed by atoms with van der Waals surface area (Å²) >= 11 is 1.48. The first-order valence-corrected chi connectivity index (χ1v) is 5.15. The van der Waals surface area contributed by atoms with Crippen molar-refractivity contribution >= 4 is 23.4 Å². The molecule has 0 saturated carbocycles. The smallest absolute Gasteiger partial charge is 0.331 e. The summed E-state index contributed by atoms with van der Waals surface area (Å²) in [7, 11) is 0. The van der Waals surface area contributed by atoms with Gasteiger partial charge in [-0.2, -0.15) is 0 Å². The van der Waals surface area contributed by atoms with Crippen molar-refractivity contribution in [2.45, 2.75) is 26.4 Å². The average Bonchev–Trinajstić information content (AvgIpc) is 2.49. The predicted octanol–water partition coefficient (Wildman–Crippen LogP) is 2.50. The molecule has 14 heavy (non-hydrogen) atoms. The molecule has 0 unspecified atom stereocenters. The maximum absolute atomic E-state index is 11.2. The number of nitrogens with zero attached hydrogens (tertiary/aromatic N) is 1. The lowest BCUT2D eigenvalue weighted by Crippen LogP contribution is -2.22. The van der Waals surface area contributed by atoms with E-state index in [4.69, 9.17) is 4.74 Å². The number of thiazole rings is 1. The molecule has 0 saturated heterocycles. The van der Waals surface area contributed by atoms with Crippen molar-refractivity contribution in [3.63, 3.8) is 0 Å². The van der Waals surface area contributed by atoms with Gasteiger partial charge in [0.15, 0.2) is 0 Å². The van der Waals surface area contributed by atoms with Crippen molar-refractivity contribution in [3.05, 3.63) is 22.7 Å². The summed E-state index contributed by atoms with van der Waals surface area (Å²) in [5.74, 6) is -0.328. The van der Waals surface area contributed by atoms with Gasteiger partial charge in [-0.3, -0.25) is 4.98 Å². The lowest BCUT2D eigenvalue weighted by molar-refractivity contribution is -0.148. The molecule has 3 nitrogen and oxygen atoms in total. The molecule has 1 aromatic rings. The number of hydrogen-bond donors (Lipinski definition) is 0. The minimum absolute atomic E-state index is 0.328. The molecule has 0 aliphatic rings. The molecule has 0 aliphatic carbocycles. The van der Waals surface area contributed by atoms with Gasteiger partial charge in [-0.25, -0.2) is 4.79 Å². The molecule has 1 heterocycles. The van der Waals surface area contributed by atoms with E-state index in [9.17, 15) is 4.79 Å². The Morgan fingerprint density at radius 2 is 2.29 bits per heavy atom. The van der Waals surface area contributed by atoms with Gasteiger partial charge in [-0.05, 0) is 26.8 Å². The second-order valence-corrected chi connectivity index (χ2v) is 4.69. The number of aromatic nitrogens is 1. The third-order valence-electron chi connectivity index (χ3n) is 1.24. The Labute approximate surface area is 87.4 Å². The van der Waals surface area contributed by atoms with Gasteiger partial charge in [0.2, 0.25) is 0 Å². The number of hydrogen-bond acceptors (Lipinski definition) is 4. The first kappa shape index (κ1) is 10.9. The van der Waals surface area contributed by atoms with E-state index in [1.807, 2.05) is 20.8 Å². The van der Waals surface area contributed by atoms with E-state index in [0.29, 0.717) is 0 Å². The second kappa shape index (κ2) is 4.37.